The molecular weight excluding hydrogens is 917 g/mol. The van der Waals surface area contributed by atoms with Crippen molar-refractivity contribution in [2.75, 3.05) is 13.2 Å². The summed E-state index contributed by atoms with van der Waals surface area (Å²) in [5.74, 6) is -2.17. The Morgan fingerprint density at radius 3 is 1.69 bits per heavy atom. The molecule has 0 bridgehead atoms. The van der Waals surface area contributed by atoms with Gasteiger partial charge in [-0.3, -0.25) is 24.0 Å². The molecule has 0 saturated carbocycles. The lowest BCUT2D eigenvalue weighted by molar-refractivity contribution is -0.190. The number of aliphatic hydroxyl groups excluding tert-OH is 2. The van der Waals surface area contributed by atoms with E-state index in [1.807, 2.05) is 81.4 Å². The molecule has 16 heteroatoms. The highest BCUT2D eigenvalue weighted by molar-refractivity contribution is 5.94. The van der Waals surface area contributed by atoms with Gasteiger partial charge in [-0.1, -0.05) is 99.7 Å². The molecule has 0 aromatic heterocycles. The third kappa shape index (κ3) is 17.1. The van der Waals surface area contributed by atoms with E-state index < -0.39 is 79.0 Å². The summed E-state index contributed by atoms with van der Waals surface area (Å²) in [6.07, 6.45) is 0.00164. The van der Waals surface area contributed by atoms with Crippen molar-refractivity contribution in [1.82, 2.24) is 0 Å². The van der Waals surface area contributed by atoms with E-state index in [9.17, 15) is 34.2 Å². The van der Waals surface area contributed by atoms with Crippen molar-refractivity contribution in [2.24, 2.45) is 17.8 Å². The topological polar surface area (TPSA) is 209 Å². The van der Waals surface area contributed by atoms with E-state index in [0.29, 0.717) is 38.7 Å². The van der Waals surface area contributed by atoms with E-state index in [2.05, 4.69) is 13.2 Å². The van der Waals surface area contributed by atoms with E-state index in [-0.39, 0.29) is 73.8 Å². The Morgan fingerprint density at radius 1 is 0.690 bits per heavy atom. The monoisotopic (exact) mass is 990 g/mol. The first-order valence-electron chi connectivity index (χ1n) is 24.7. The molecule has 4 heterocycles. The number of hydrogen-bond donors (Lipinski definition) is 2. The second-order valence-electron chi connectivity index (χ2n) is 19.1. The highest BCUT2D eigenvalue weighted by Gasteiger charge is 2.54. The van der Waals surface area contributed by atoms with Crippen molar-refractivity contribution in [1.29, 1.82) is 0 Å². The molecule has 16 nitrogen and oxygen atoms in total. The molecule has 4 aliphatic rings. The highest BCUT2D eigenvalue weighted by atomic mass is 16.6. The molecule has 0 amide bonds. The second-order valence-corrected chi connectivity index (χ2v) is 19.1. The standard InChI is InChI=1S/C28H38O9.C27H36O7/c1-5-9-21-12-13-22(31)25(36-21)28(35-19(4)30)27-24(32)26(34-16-20-10-7-6-8-11-20)23(37-27)14-17(2)15-33-18(3)29;1-5-9-21-12-13-22(29)25(33-21)18(3)26-24(30)27(32-16-20-10-7-6-8-11-20)23(34-26)14-17(2)15-31-19(4)28/h5-8,10-11,17,21,23-28,32H,1,9,12-16H2,2-4H3;5-8,10-13,17-18,21,23-27,30H,1,9,14-16H2,2-4H3/t17-,21-,23-,24+,25+,26+,27-,28-;17-,18-,21-,23-,24-,25?,26+,27+/m11/s1. The molecule has 4 aliphatic heterocycles. The van der Waals surface area contributed by atoms with Gasteiger partial charge in [-0.05, 0) is 61.1 Å². The Kier molecular flexibility index (Phi) is 22.8. The number of hydrogen-bond acceptors (Lipinski definition) is 16. The maximum Gasteiger partial charge on any atom is 0.303 e. The minimum absolute atomic E-state index is 0.00505. The summed E-state index contributed by atoms with van der Waals surface area (Å²) in [7, 11) is 0. The van der Waals surface area contributed by atoms with E-state index in [1.165, 1.54) is 20.8 Å². The van der Waals surface area contributed by atoms with Crippen LogP contribution in [0.2, 0.25) is 0 Å². The van der Waals surface area contributed by atoms with Gasteiger partial charge in [0, 0.05) is 33.1 Å². The van der Waals surface area contributed by atoms with Gasteiger partial charge in [-0.15, -0.1) is 13.2 Å². The average Bonchev–Trinajstić information content (AvgIpc) is 3.82. The van der Waals surface area contributed by atoms with Gasteiger partial charge in [0.25, 0.3) is 0 Å². The van der Waals surface area contributed by atoms with Crippen LogP contribution in [0, 0.1) is 17.8 Å². The summed E-state index contributed by atoms with van der Waals surface area (Å²) in [6, 6.07) is 19.2. The summed E-state index contributed by atoms with van der Waals surface area (Å²) in [5, 5.41) is 22.6. The van der Waals surface area contributed by atoms with Crippen molar-refractivity contribution in [2.45, 2.75) is 173 Å². The summed E-state index contributed by atoms with van der Waals surface area (Å²) in [4.78, 5) is 60.0. The Balaban J connectivity index is 0.000000265. The number of Topliss-reactive ketones (excluding diaryl/α,β-unsaturated/α-hetero) is 1. The van der Waals surface area contributed by atoms with Crippen molar-refractivity contribution in [3.8, 4) is 0 Å². The van der Waals surface area contributed by atoms with Gasteiger partial charge in [-0.2, -0.15) is 0 Å². The molecule has 0 spiro atoms. The van der Waals surface area contributed by atoms with Crippen LogP contribution in [0.4, 0.5) is 0 Å². The third-order valence-electron chi connectivity index (χ3n) is 12.9. The summed E-state index contributed by atoms with van der Waals surface area (Å²) in [5.41, 5.74) is 1.90. The zero-order chi connectivity index (χ0) is 51.6. The zero-order valence-corrected chi connectivity index (χ0v) is 41.9. The Bertz CT molecular complexity index is 2060. The molecule has 6 rings (SSSR count). The number of benzene rings is 2. The zero-order valence-electron chi connectivity index (χ0n) is 41.9. The summed E-state index contributed by atoms with van der Waals surface area (Å²) in [6.45, 7) is 18.2. The van der Waals surface area contributed by atoms with Crippen LogP contribution in [-0.4, -0.2) is 132 Å². The lowest BCUT2D eigenvalue weighted by Crippen LogP contribution is -2.53. The van der Waals surface area contributed by atoms with Crippen molar-refractivity contribution < 1.29 is 76.8 Å². The Hall–Kier alpha value is -4.91. The van der Waals surface area contributed by atoms with Gasteiger partial charge in [0.05, 0.1) is 56.9 Å². The quantitative estimate of drug-likeness (QED) is 0.0711. The van der Waals surface area contributed by atoms with Crippen LogP contribution in [0.15, 0.2) is 98.1 Å². The number of carbonyl (C=O) groups excluding carboxylic acids is 5. The second kappa shape index (κ2) is 28.4. The lowest BCUT2D eigenvalue weighted by atomic mass is 9.88. The predicted molar refractivity (Wildman–Crippen MR) is 260 cm³/mol. The molecule has 1 unspecified atom stereocenters. The molecule has 2 aromatic rings. The maximum atomic E-state index is 12.9. The molecular formula is C55H74O16. The fourth-order valence-corrected chi connectivity index (χ4v) is 9.37. The number of aliphatic hydroxyl groups is 2. The van der Waals surface area contributed by atoms with Gasteiger partial charge in [0.15, 0.2) is 23.8 Å². The fourth-order valence-electron chi connectivity index (χ4n) is 9.37. The first-order valence-corrected chi connectivity index (χ1v) is 24.7. The van der Waals surface area contributed by atoms with E-state index in [4.69, 9.17) is 42.6 Å². The van der Waals surface area contributed by atoms with Gasteiger partial charge >= 0.3 is 17.9 Å². The van der Waals surface area contributed by atoms with Crippen LogP contribution >= 0.6 is 0 Å². The maximum absolute atomic E-state index is 12.9. The predicted octanol–water partition coefficient (Wildman–Crippen LogP) is 6.31. The highest BCUT2D eigenvalue weighted by Crippen LogP contribution is 2.37. The minimum Gasteiger partial charge on any atom is -0.466 e. The van der Waals surface area contributed by atoms with Crippen LogP contribution < -0.4 is 0 Å². The van der Waals surface area contributed by atoms with Gasteiger partial charge in [0.2, 0.25) is 0 Å². The van der Waals surface area contributed by atoms with Crippen molar-refractivity contribution >= 4 is 29.5 Å². The SMILES string of the molecule is C=CC[C@@H]1C=CC(=O)C([C@@H](C)[C@@H]2O[C@H](C[C@@H](C)COC(C)=O)[C@H](OCc3ccccc3)[C@@H]2O)O1.C=CC[C@@H]1CCC(=O)[C@@H]([C@@H](OC(C)=O)[C@@H]2O[C@H](C[C@@H](C)COC(C)=O)[C@H](OCc3ccccc3)[C@@H]2O)O1. The number of esters is 3. The van der Waals surface area contributed by atoms with Gasteiger partial charge in [0.1, 0.15) is 36.6 Å². The van der Waals surface area contributed by atoms with Crippen LogP contribution in [0.5, 0.6) is 0 Å². The number of ether oxygens (including phenoxy) is 9. The molecule has 71 heavy (non-hydrogen) atoms. The Labute approximate surface area is 418 Å². The van der Waals surface area contributed by atoms with Crippen LogP contribution in [0.3, 0.4) is 0 Å². The van der Waals surface area contributed by atoms with Crippen LogP contribution in [-0.2, 0) is 79.8 Å². The van der Waals surface area contributed by atoms with Crippen LogP contribution in [0.1, 0.15) is 91.2 Å². The molecule has 2 aromatic carbocycles. The fraction of sp³-hybridized carbons (Fsp3) is 0.582. The number of carbonyl (C=O) groups is 5. The molecule has 0 radical (unpaired) electrons. The minimum atomic E-state index is -1.20. The lowest BCUT2D eigenvalue weighted by Gasteiger charge is -2.36. The largest absolute Gasteiger partial charge is 0.466 e. The van der Waals surface area contributed by atoms with Crippen molar-refractivity contribution in [3.05, 3.63) is 109 Å². The Morgan fingerprint density at radius 2 is 1.20 bits per heavy atom. The van der Waals surface area contributed by atoms with Crippen LogP contribution in [0.25, 0.3) is 0 Å². The van der Waals surface area contributed by atoms with E-state index in [0.717, 1.165) is 11.1 Å². The third-order valence-corrected chi connectivity index (χ3v) is 12.9. The first kappa shape index (κ1) is 57.0. The normalized spacial score (nSPS) is 30.0. The molecule has 3 fully saturated rings. The molecule has 2 N–H and O–H groups in total. The van der Waals surface area contributed by atoms with Crippen molar-refractivity contribution in [3.63, 3.8) is 0 Å². The van der Waals surface area contributed by atoms with Gasteiger partial charge < -0.3 is 52.8 Å². The van der Waals surface area contributed by atoms with Gasteiger partial charge in [-0.25, -0.2) is 0 Å². The van der Waals surface area contributed by atoms with E-state index in [1.54, 1.807) is 24.3 Å². The molecule has 3 saturated heterocycles. The molecule has 390 valence electrons. The molecule has 16 atom stereocenters. The smallest absolute Gasteiger partial charge is 0.303 e. The summed E-state index contributed by atoms with van der Waals surface area (Å²) < 4.78 is 52.8. The first-order chi connectivity index (χ1) is 34.0. The van der Waals surface area contributed by atoms with E-state index >= 15 is 0 Å². The number of rotatable bonds is 23. The summed E-state index contributed by atoms with van der Waals surface area (Å²) >= 11 is 0. The molecule has 0 aliphatic carbocycles. The average molecular weight is 991 g/mol. The number of ketones is 2.